The third-order valence-corrected chi connectivity index (χ3v) is 5.08. The highest BCUT2D eigenvalue weighted by molar-refractivity contribution is 5.92. The van der Waals surface area contributed by atoms with Crippen molar-refractivity contribution in [1.29, 1.82) is 0 Å². The van der Waals surface area contributed by atoms with E-state index in [0.29, 0.717) is 0 Å². The van der Waals surface area contributed by atoms with Crippen molar-refractivity contribution in [3.63, 3.8) is 0 Å². The van der Waals surface area contributed by atoms with Gasteiger partial charge in [0.1, 0.15) is 5.70 Å². The van der Waals surface area contributed by atoms with E-state index in [1.807, 2.05) is 6.08 Å². The number of amides is 1. The van der Waals surface area contributed by atoms with Crippen molar-refractivity contribution >= 4 is 11.9 Å². The van der Waals surface area contributed by atoms with Crippen LogP contribution in [0.2, 0.25) is 0 Å². The molecule has 1 amide bonds. The van der Waals surface area contributed by atoms with Gasteiger partial charge in [-0.3, -0.25) is 4.79 Å². The zero-order chi connectivity index (χ0) is 13.6. The van der Waals surface area contributed by atoms with Crippen LogP contribution in [0.25, 0.3) is 0 Å². The topological polar surface area (TPSA) is 66.4 Å². The molecule has 4 heteroatoms. The molecule has 0 aromatic heterocycles. The van der Waals surface area contributed by atoms with Crippen LogP contribution in [0.5, 0.6) is 0 Å². The first-order chi connectivity index (χ1) is 8.96. The summed E-state index contributed by atoms with van der Waals surface area (Å²) in [5.41, 5.74) is 0.111. The zero-order valence-electron chi connectivity index (χ0n) is 11.3. The molecule has 0 heterocycles. The van der Waals surface area contributed by atoms with E-state index in [1.165, 1.54) is 26.2 Å². The number of hydrogen-bond acceptors (Lipinski definition) is 2. The van der Waals surface area contributed by atoms with Crippen molar-refractivity contribution in [2.75, 3.05) is 0 Å². The Morgan fingerprint density at radius 2 is 1.58 bits per heavy atom. The molecule has 4 saturated carbocycles. The van der Waals surface area contributed by atoms with Crippen LogP contribution in [0.3, 0.4) is 0 Å². The number of carboxylic acids is 1. The molecule has 0 unspecified atom stereocenters. The van der Waals surface area contributed by atoms with E-state index >= 15 is 0 Å². The first-order valence-electron chi connectivity index (χ1n) is 7.19. The van der Waals surface area contributed by atoms with Crippen molar-refractivity contribution in [2.45, 2.75) is 45.4 Å². The third-order valence-electron chi connectivity index (χ3n) is 5.08. The molecule has 0 aromatic rings. The Labute approximate surface area is 113 Å². The lowest BCUT2D eigenvalue weighted by Crippen LogP contribution is -2.45. The van der Waals surface area contributed by atoms with E-state index in [2.05, 4.69) is 5.32 Å². The maximum absolute atomic E-state index is 11.3. The summed E-state index contributed by atoms with van der Waals surface area (Å²) in [7, 11) is 0. The zero-order valence-corrected chi connectivity index (χ0v) is 11.3. The largest absolute Gasteiger partial charge is 0.477 e. The van der Waals surface area contributed by atoms with Gasteiger partial charge in [-0.25, -0.2) is 4.79 Å². The Kier molecular flexibility index (Phi) is 2.91. The summed E-state index contributed by atoms with van der Waals surface area (Å²) in [5, 5.41) is 11.7. The summed E-state index contributed by atoms with van der Waals surface area (Å²) < 4.78 is 0. The molecule has 4 nitrogen and oxygen atoms in total. The first kappa shape index (κ1) is 12.7. The molecule has 0 aliphatic heterocycles. The Bertz CT molecular complexity index is 417. The van der Waals surface area contributed by atoms with Gasteiger partial charge in [0.05, 0.1) is 0 Å². The van der Waals surface area contributed by atoms with Crippen LogP contribution in [0, 0.1) is 23.2 Å². The fourth-order valence-corrected chi connectivity index (χ4v) is 5.00. The van der Waals surface area contributed by atoms with Gasteiger partial charge in [-0.05, 0) is 67.8 Å². The monoisotopic (exact) mass is 263 g/mol. The van der Waals surface area contributed by atoms with Gasteiger partial charge < -0.3 is 10.4 Å². The predicted octanol–water partition coefficient (Wildman–Crippen LogP) is 2.31. The van der Waals surface area contributed by atoms with Gasteiger partial charge in [0.15, 0.2) is 0 Å². The van der Waals surface area contributed by atoms with Gasteiger partial charge in [0.25, 0.3) is 0 Å². The number of nitrogens with one attached hydrogen (secondary N) is 1. The van der Waals surface area contributed by atoms with Gasteiger partial charge >= 0.3 is 5.97 Å². The van der Waals surface area contributed by atoms with Crippen molar-refractivity contribution < 1.29 is 14.7 Å². The number of carbonyl (C=O) groups is 2. The van der Waals surface area contributed by atoms with Gasteiger partial charge in [0.2, 0.25) is 5.91 Å². The molecule has 4 bridgehead atoms. The van der Waals surface area contributed by atoms with Gasteiger partial charge in [0, 0.05) is 6.92 Å². The van der Waals surface area contributed by atoms with Crippen molar-refractivity contribution in [3.05, 3.63) is 11.8 Å². The number of aliphatic carboxylic acids is 1. The maximum Gasteiger partial charge on any atom is 0.352 e. The fraction of sp³-hybridized carbons (Fsp3) is 0.733. The molecular weight excluding hydrogens is 242 g/mol. The predicted molar refractivity (Wildman–Crippen MR) is 70.1 cm³/mol. The van der Waals surface area contributed by atoms with Gasteiger partial charge in [-0.2, -0.15) is 0 Å². The van der Waals surface area contributed by atoms with Gasteiger partial charge in [-0.15, -0.1) is 0 Å². The molecule has 0 atom stereocenters. The summed E-state index contributed by atoms with van der Waals surface area (Å²) in [6.45, 7) is 1.36. The Balaban J connectivity index is 1.87. The fourth-order valence-electron chi connectivity index (χ4n) is 5.00. The average Bonchev–Trinajstić information content (AvgIpc) is 2.24. The van der Waals surface area contributed by atoms with Crippen LogP contribution >= 0.6 is 0 Å². The smallest absolute Gasteiger partial charge is 0.352 e. The van der Waals surface area contributed by atoms with Crippen LogP contribution in [0.15, 0.2) is 11.8 Å². The normalized spacial score (nSPS) is 40.3. The lowest BCUT2D eigenvalue weighted by Gasteiger charge is -2.55. The molecule has 0 radical (unpaired) electrons. The number of hydrogen-bond donors (Lipinski definition) is 2. The highest BCUT2D eigenvalue weighted by Crippen LogP contribution is 2.60. The lowest BCUT2D eigenvalue weighted by atomic mass is 9.49. The number of carboxylic acid groups (broad SMARTS) is 1. The summed E-state index contributed by atoms with van der Waals surface area (Å²) >= 11 is 0. The Morgan fingerprint density at radius 3 is 1.95 bits per heavy atom. The van der Waals surface area contributed by atoms with E-state index in [9.17, 15) is 14.7 Å². The van der Waals surface area contributed by atoms with Crippen LogP contribution in [-0.2, 0) is 9.59 Å². The van der Waals surface area contributed by atoms with Crippen LogP contribution in [0.1, 0.15) is 45.4 Å². The minimum Gasteiger partial charge on any atom is -0.477 e. The molecule has 0 aromatic carbocycles. The molecule has 2 N–H and O–H groups in total. The van der Waals surface area contributed by atoms with Crippen molar-refractivity contribution in [1.82, 2.24) is 5.32 Å². The molecule has 4 fully saturated rings. The van der Waals surface area contributed by atoms with E-state index in [4.69, 9.17) is 0 Å². The molecule has 4 aliphatic carbocycles. The second kappa shape index (κ2) is 4.36. The second-order valence-electron chi connectivity index (χ2n) is 6.82. The standard InChI is InChI=1S/C15H21NO3/c1-9(17)16-13(14(18)19)8-15-5-10-2-11(6-15)4-12(3-10)7-15/h8,10-12H,2-7H2,1H3,(H,16,17)(H,18,19)/b13-8+. The minimum atomic E-state index is -1.02. The highest BCUT2D eigenvalue weighted by atomic mass is 16.4. The lowest BCUT2D eigenvalue weighted by molar-refractivity contribution is -0.134. The van der Waals surface area contributed by atoms with Crippen molar-refractivity contribution in [3.8, 4) is 0 Å². The molecule has 0 saturated heterocycles. The number of rotatable bonds is 3. The van der Waals surface area contributed by atoms with Crippen LogP contribution in [0.4, 0.5) is 0 Å². The number of allylic oxidation sites excluding steroid dienone is 1. The maximum atomic E-state index is 11.3. The van der Waals surface area contributed by atoms with E-state index in [1.54, 1.807) is 0 Å². The first-order valence-corrected chi connectivity index (χ1v) is 7.19. The van der Waals surface area contributed by atoms with Crippen molar-refractivity contribution in [2.24, 2.45) is 23.2 Å². The van der Waals surface area contributed by atoms with Crippen LogP contribution < -0.4 is 5.32 Å². The second-order valence-corrected chi connectivity index (χ2v) is 6.82. The SMILES string of the molecule is CC(=O)N/C(=C/C12CC3CC(CC(C3)C1)C2)C(=O)O. The van der Waals surface area contributed by atoms with E-state index in [0.717, 1.165) is 37.0 Å². The summed E-state index contributed by atoms with van der Waals surface area (Å²) in [6.07, 6.45) is 9.17. The Hall–Kier alpha value is -1.32. The molecule has 104 valence electrons. The number of carbonyl (C=O) groups excluding carboxylic acids is 1. The van der Waals surface area contributed by atoms with Gasteiger partial charge in [-0.1, -0.05) is 0 Å². The third kappa shape index (κ3) is 2.40. The summed E-state index contributed by atoms with van der Waals surface area (Å²) in [6, 6.07) is 0. The highest BCUT2D eigenvalue weighted by Gasteiger charge is 2.50. The summed E-state index contributed by atoms with van der Waals surface area (Å²) in [5.74, 6) is 0.990. The molecule has 4 aliphatic rings. The Morgan fingerprint density at radius 1 is 1.11 bits per heavy atom. The summed E-state index contributed by atoms with van der Waals surface area (Å²) in [4.78, 5) is 22.4. The molecule has 19 heavy (non-hydrogen) atoms. The average molecular weight is 263 g/mol. The van der Waals surface area contributed by atoms with E-state index in [-0.39, 0.29) is 17.0 Å². The van der Waals surface area contributed by atoms with Crippen LogP contribution in [-0.4, -0.2) is 17.0 Å². The molecule has 4 rings (SSSR count). The minimum absolute atomic E-state index is 0.0327. The quantitative estimate of drug-likeness (QED) is 0.768. The molecular formula is C15H21NO3. The van der Waals surface area contributed by atoms with E-state index < -0.39 is 5.97 Å². The molecule has 0 spiro atoms.